The van der Waals surface area contributed by atoms with Crippen molar-refractivity contribution in [3.8, 4) is 11.3 Å². The highest BCUT2D eigenvalue weighted by Gasteiger charge is 2.16. The molecule has 6 nitrogen and oxygen atoms in total. The molecule has 0 unspecified atom stereocenters. The Morgan fingerprint density at radius 2 is 2.00 bits per heavy atom. The van der Waals surface area contributed by atoms with Gasteiger partial charge < -0.3 is 9.84 Å². The number of carbonyl (C=O) groups is 1. The molecule has 0 aliphatic carbocycles. The van der Waals surface area contributed by atoms with Crippen LogP contribution in [0.2, 0.25) is 0 Å². The van der Waals surface area contributed by atoms with E-state index in [1.54, 1.807) is 19.9 Å². The van der Waals surface area contributed by atoms with Crippen LogP contribution in [0.4, 0.5) is 5.69 Å². The molecule has 22 heavy (non-hydrogen) atoms. The first-order chi connectivity index (χ1) is 10.5. The molecule has 0 fully saturated rings. The number of carbonyl (C=O) groups excluding carboxylic acids is 1. The van der Waals surface area contributed by atoms with Crippen molar-refractivity contribution in [2.75, 3.05) is 5.32 Å². The molecule has 2 heterocycles. The van der Waals surface area contributed by atoms with Crippen LogP contribution in [0.3, 0.4) is 0 Å². The highest BCUT2D eigenvalue weighted by Crippen LogP contribution is 2.22. The second-order valence-corrected chi connectivity index (χ2v) is 5.74. The summed E-state index contributed by atoms with van der Waals surface area (Å²) in [4.78, 5) is 12.3. The molecule has 0 aliphatic rings. The SMILES string of the molecule is Cc1noc(C)c1NC(=O)c1cc(-c2ccc(Br)cc2)n[nH]1. The number of rotatable bonds is 3. The molecule has 7 heteroatoms. The van der Waals surface area contributed by atoms with Crippen molar-refractivity contribution in [3.63, 3.8) is 0 Å². The Hall–Kier alpha value is -2.41. The van der Waals surface area contributed by atoms with Crippen molar-refractivity contribution in [2.24, 2.45) is 0 Å². The zero-order chi connectivity index (χ0) is 15.7. The Morgan fingerprint density at radius 3 is 2.64 bits per heavy atom. The van der Waals surface area contributed by atoms with Gasteiger partial charge in [-0.25, -0.2) is 0 Å². The summed E-state index contributed by atoms with van der Waals surface area (Å²) in [5.41, 5.74) is 3.23. The largest absolute Gasteiger partial charge is 0.359 e. The smallest absolute Gasteiger partial charge is 0.273 e. The Bertz CT molecular complexity index is 801. The van der Waals surface area contributed by atoms with E-state index in [2.05, 4.69) is 36.6 Å². The molecule has 0 aliphatic heterocycles. The zero-order valence-corrected chi connectivity index (χ0v) is 13.6. The van der Waals surface area contributed by atoms with Gasteiger partial charge in [0.15, 0.2) is 5.76 Å². The lowest BCUT2D eigenvalue weighted by Gasteiger charge is -2.01. The van der Waals surface area contributed by atoms with Crippen LogP contribution in [0.15, 0.2) is 39.3 Å². The van der Waals surface area contributed by atoms with Gasteiger partial charge in [-0.15, -0.1) is 0 Å². The molecule has 2 aromatic heterocycles. The maximum Gasteiger partial charge on any atom is 0.273 e. The van der Waals surface area contributed by atoms with Crippen molar-refractivity contribution in [1.29, 1.82) is 0 Å². The second-order valence-electron chi connectivity index (χ2n) is 4.83. The van der Waals surface area contributed by atoms with Gasteiger partial charge in [-0.3, -0.25) is 9.89 Å². The van der Waals surface area contributed by atoms with Crippen LogP contribution >= 0.6 is 15.9 Å². The first kappa shape index (κ1) is 14.5. The van der Waals surface area contributed by atoms with Crippen LogP contribution in [-0.4, -0.2) is 21.3 Å². The van der Waals surface area contributed by atoms with Crippen LogP contribution in [0.25, 0.3) is 11.3 Å². The van der Waals surface area contributed by atoms with Gasteiger partial charge in [0.2, 0.25) is 0 Å². The number of halogens is 1. The number of H-pyrrole nitrogens is 1. The highest BCUT2D eigenvalue weighted by molar-refractivity contribution is 9.10. The van der Waals surface area contributed by atoms with Gasteiger partial charge in [0.25, 0.3) is 5.91 Å². The quantitative estimate of drug-likeness (QED) is 0.745. The van der Waals surface area contributed by atoms with Gasteiger partial charge in [-0.2, -0.15) is 5.10 Å². The van der Waals surface area contributed by atoms with E-state index in [1.807, 2.05) is 24.3 Å². The monoisotopic (exact) mass is 360 g/mol. The Labute approximate surface area is 135 Å². The molecule has 0 saturated carbocycles. The Balaban J connectivity index is 1.81. The minimum atomic E-state index is -0.287. The van der Waals surface area contributed by atoms with Gasteiger partial charge in [0.05, 0.1) is 5.69 Å². The summed E-state index contributed by atoms with van der Waals surface area (Å²) in [5, 5.41) is 13.5. The van der Waals surface area contributed by atoms with E-state index in [4.69, 9.17) is 4.52 Å². The normalized spacial score (nSPS) is 10.7. The highest BCUT2D eigenvalue weighted by atomic mass is 79.9. The summed E-state index contributed by atoms with van der Waals surface area (Å²) < 4.78 is 6.01. The molecule has 0 radical (unpaired) electrons. The van der Waals surface area contributed by atoms with E-state index in [0.29, 0.717) is 28.5 Å². The van der Waals surface area contributed by atoms with Gasteiger partial charge in [-0.05, 0) is 32.0 Å². The van der Waals surface area contributed by atoms with Crippen LogP contribution < -0.4 is 5.32 Å². The number of nitrogens with zero attached hydrogens (tertiary/aromatic N) is 2. The summed E-state index contributed by atoms with van der Waals surface area (Å²) >= 11 is 3.39. The molecule has 0 saturated heterocycles. The Kier molecular flexibility index (Phi) is 3.81. The van der Waals surface area contributed by atoms with Crippen molar-refractivity contribution in [1.82, 2.24) is 15.4 Å². The maximum atomic E-state index is 12.3. The number of benzene rings is 1. The number of anilines is 1. The second kappa shape index (κ2) is 5.76. The third-order valence-electron chi connectivity index (χ3n) is 3.23. The van der Waals surface area contributed by atoms with Crippen LogP contribution in [0.5, 0.6) is 0 Å². The van der Waals surface area contributed by atoms with Crippen LogP contribution in [0.1, 0.15) is 21.9 Å². The molecule has 0 bridgehead atoms. The molecule has 1 amide bonds. The van der Waals surface area contributed by atoms with Gasteiger partial charge in [0.1, 0.15) is 17.1 Å². The first-order valence-electron chi connectivity index (χ1n) is 6.60. The maximum absolute atomic E-state index is 12.3. The number of amides is 1. The molecule has 3 rings (SSSR count). The third-order valence-corrected chi connectivity index (χ3v) is 3.76. The van der Waals surface area contributed by atoms with Crippen molar-refractivity contribution in [3.05, 3.63) is 52.0 Å². The minimum absolute atomic E-state index is 0.287. The molecule has 1 aromatic carbocycles. The average molecular weight is 361 g/mol. The third kappa shape index (κ3) is 2.80. The standard InChI is InChI=1S/C15H13BrN4O2/c1-8-14(9(2)22-20-8)17-15(21)13-7-12(18-19-13)10-3-5-11(16)6-4-10/h3-7H,1-2H3,(H,17,21)(H,18,19). The van der Waals surface area contributed by atoms with Gasteiger partial charge in [0, 0.05) is 10.0 Å². The topological polar surface area (TPSA) is 83.8 Å². The lowest BCUT2D eigenvalue weighted by atomic mass is 10.1. The van der Waals surface area contributed by atoms with Crippen molar-refractivity contribution in [2.45, 2.75) is 13.8 Å². The van der Waals surface area contributed by atoms with Gasteiger partial charge in [-0.1, -0.05) is 33.2 Å². The fourth-order valence-corrected chi connectivity index (χ4v) is 2.31. The van der Waals surface area contributed by atoms with E-state index in [-0.39, 0.29) is 5.91 Å². The number of hydrogen-bond acceptors (Lipinski definition) is 4. The number of aromatic nitrogens is 3. The van der Waals surface area contributed by atoms with E-state index in [1.165, 1.54) is 0 Å². The van der Waals surface area contributed by atoms with Crippen molar-refractivity contribution < 1.29 is 9.32 Å². The van der Waals surface area contributed by atoms with Crippen LogP contribution in [0, 0.1) is 13.8 Å². The molecule has 0 spiro atoms. The average Bonchev–Trinajstić information content (AvgIpc) is 3.10. The summed E-state index contributed by atoms with van der Waals surface area (Å²) in [6.07, 6.45) is 0. The fourth-order valence-electron chi connectivity index (χ4n) is 2.05. The van der Waals surface area contributed by atoms with E-state index in [0.717, 1.165) is 10.0 Å². The molecular formula is C15H13BrN4O2. The zero-order valence-electron chi connectivity index (χ0n) is 12.0. The lowest BCUT2D eigenvalue weighted by molar-refractivity contribution is 0.102. The minimum Gasteiger partial charge on any atom is -0.359 e. The van der Waals surface area contributed by atoms with E-state index >= 15 is 0 Å². The first-order valence-corrected chi connectivity index (χ1v) is 7.39. The number of aryl methyl sites for hydroxylation is 2. The summed E-state index contributed by atoms with van der Waals surface area (Å²) in [6, 6.07) is 9.41. The molecule has 0 atom stereocenters. The fraction of sp³-hybridized carbons (Fsp3) is 0.133. The van der Waals surface area contributed by atoms with E-state index < -0.39 is 0 Å². The molecular weight excluding hydrogens is 348 g/mol. The number of nitrogens with one attached hydrogen (secondary N) is 2. The number of hydrogen-bond donors (Lipinski definition) is 2. The van der Waals surface area contributed by atoms with E-state index in [9.17, 15) is 4.79 Å². The number of aromatic amines is 1. The summed E-state index contributed by atoms with van der Waals surface area (Å²) in [7, 11) is 0. The lowest BCUT2D eigenvalue weighted by Crippen LogP contribution is -2.13. The Morgan fingerprint density at radius 1 is 1.27 bits per heavy atom. The van der Waals surface area contributed by atoms with Gasteiger partial charge >= 0.3 is 0 Å². The van der Waals surface area contributed by atoms with Crippen LogP contribution in [-0.2, 0) is 0 Å². The predicted octanol–water partition coefficient (Wildman–Crippen LogP) is 3.70. The molecule has 112 valence electrons. The van der Waals surface area contributed by atoms with Crippen molar-refractivity contribution >= 4 is 27.5 Å². The summed E-state index contributed by atoms with van der Waals surface area (Å²) in [5.74, 6) is 0.281. The predicted molar refractivity (Wildman–Crippen MR) is 85.7 cm³/mol. The summed E-state index contributed by atoms with van der Waals surface area (Å²) in [6.45, 7) is 3.52. The molecule has 2 N–H and O–H groups in total. The molecule has 3 aromatic rings.